The highest BCUT2D eigenvalue weighted by molar-refractivity contribution is 7.89. The number of anilines is 1. The molecule has 1 aliphatic rings. The Kier molecular flexibility index (Phi) is 6.72. The van der Waals surface area contributed by atoms with Crippen LogP contribution < -0.4 is 9.62 Å². The second-order valence-corrected chi connectivity index (χ2v) is 8.99. The third-order valence-corrected chi connectivity index (χ3v) is 6.58. The lowest BCUT2D eigenvalue weighted by Gasteiger charge is -2.36. The molecule has 0 atom stereocenters. The number of carbonyl (C=O) groups is 1. The summed E-state index contributed by atoms with van der Waals surface area (Å²) in [5, 5.41) is 0.727. The highest BCUT2D eigenvalue weighted by Gasteiger charge is 2.18. The summed E-state index contributed by atoms with van der Waals surface area (Å²) >= 11 is 5.94. The van der Waals surface area contributed by atoms with Gasteiger partial charge in [-0.25, -0.2) is 13.1 Å². The van der Waals surface area contributed by atoms with Crippen molar-refractivity contribution in [2.24, 2.45) is 0 Å². The fourth-order valence-corrected chi connectivity index (χ4v) is 4.32. The summed E-state index contributed by atoms with van der Waals surface area (Å²) in [6.07, 6.45) is 0. The van der Waals surface area contributed by atoms with Gasteiger partial charge in [-0.05, 0) is 43.3 Å². The number of carbonyl (C=O) groups excluding carboxylic acids is 1. The first kappa shape index (κ1) is 20.8. The molecular formula is C20H24ClN3O3S. The molecule has 0 aliphatic carbocycles. The van der Waals surface area contributed by atoms with Crippen LogP contribution >= 0.6 is 11.6 Å². The Labute approximate surface area is 171 Å². The second kappa shape index (κ2) is 9.05. The minimum Gasteiger partial charge on any atom is -0.369 e. The van der Waals surface area contributed by atoms with E-state index in [4.69, 9.17) is 11.6 Å². The SMILES string of the molecule is CC(=O)c1ccc(S(=O)(=O)NCCN2CCN(c3ccc(Cl)cc3)CC2)cc1. The fourth-order valence-electron chi connectivity index (χ4n) is 3.17. The molecule has 0 saturated carbocycles. The summed E-state index contributed by atoms with van der Waals surface area (Å²) in [7, 11) is -3.57. The number of benzene rings is 2. The van der Waals surface area contributed by atoms with E-state index in [1.807, 2.05) is 24.3 Å². The summed E-state index contributed by atoms with van der Waals surface area (Å²) < 4.78 is 27.4. The van der Waals surface area contributed by atoms with Gasteiger partial charge < -0.3 is 4.90 Å². The van der Waals surface area contributed by atoms with Crippen LogP contribution in [0.5, 0.6) is 0 Å². The van der Waals surface area contributed by atoms with E-state index in [9.17, 15) is 13.2 Å². The lowest BCUT2D eigenvalue weighted by Crippen LogP contribution is -2.48. The number of nitrogens with zero attached hydrogens (tertiary/aromatic N) is 2. The largest absolute Gasteiger partial charge is 0.369 e. The van der Waals surface area contributed by atoms with Gasteiger partial charge in [0.1, 0.15) is 0 Å². The molecule has 28 heavy (non-hydrogen) atoms. The molecule has 0 unspecified atom stereocenters. The molecule has 1 heterocycles. The average Bonchev–Trinajstić information content (AvgIpc) is 2.69. The molecule has 0 aromatic heterocycles. The van der Waals surface area contributed by atoms with Crippen LogP contribution in [0, 0.1) is 0 Å². The van der Waals surface area contributed by atoms with Crippen molar-refractivity contribution < 1.29 is 13.2 Å². The Balaban J connectivity index is 1.46. The first-order chi connectivity index (χ1) is 13.3. The van der Waals surface area contributed by atoms with Gasteiger partial charge >= 0.3 is 0 Å². The van der Waals surface area contributed by atoms with Crippen LogP contribution in [0.25, 0.3) is 0 Å². The van der Waals surface area contributed by atoms with Crippen molar-refractivity contribution in [3.8, 4) is 0 Å². The Morgan fingerprint density at radius 3 is 2.18 bits per heavy atom. The predicted octanol–water partition coefficient (Wildman–Crippen LogP) is 2.64. The van der Waals surface area contributed by atoms with E-state index in [0.29, 0.717) is 18.7 Å². The summed E-state index contributed by atoms with van der Waals surface area (Å²) in [5.74, 6) is -0.0883. The van der Waals surface area contributed by atoms with E-state index in [1.165, 1.54) is 31.2 Å². The van der Waals surface area contributed by atoms with Gasteiger partial charge in [0, 0.05) is 55.5 Å². The third-order valence-electron chi connectivity index (χ3n) is 4.86. The number of piperazine rings is 1. The van der Waals surface area contributed by atoms with Crippen LogP contribution in [0.2, 0.25) is 5.02 Å². The Morgan fingerprint density at radius 2 is 1.61 bits per heavy atom. The smallest absolute Gasteiger partial charge is 0.240 e. The Morgan fingerprint density at radius 1 is 1.00 bits per heavy atom. The molecule has 2 aromatic rings. The molecular weight excluding hydrogens is 398 g/mol. The van der Waals surface area contributed by atoms with E-state index in [0.717, 1.165) is 36.9 Å². The van der Waals surface area contributed by atoms with Gasteiger partial charge in [-0.2, -0.15) is 0 Å². The summed E-state index contributed by atoms with van der Waals surface area (Å²) in [5.41, 5.74) is 1.65. The molecule has 6 nitrogen and oxygen atoms in total. The van der Waals surface area contributed by atoms with E-state index < -0.39 is 10.0 Å². The number of hydrogen-bond acceptors (Lipinski definition) is 5. The quantitative estimate of drug-likeness (QED) is 0.696. The van der Waals surface area contributed by atoms with Gasteiger partial charge in [0.2, 0.25) is 10.0 Å². The number of sulfonamides is 1. The molecule has 0 spiro atoms. The number of Topliss-reactive ketones (excluding diaryl/α,β-unsaturated/α-hetero) is 1. The molecule has 1 saturated heterocycles. The molecule has 150 valence electrons. The van der Waals surface area contributed by atoms with Crippen LogP contribution in [-0.2, 0) is 10.0 Å². The van der Waals surface area contributed by atoms with Crippen molar-refractivity contribution in [3.63, 3.8) is 0 Å². The molecule has 0 amide bonds. The maximum Gasteiger partial charge on any atom is 0.240 e. The van der Waals surface area contributed by atoms with Crippen molar-refractivity contribution in [1.82, 2.24) is 9.62 Å². The van der Waals surface area contributed by atoms with Gasteiger partial charge in [0.05, 0.1) is 4.90 Å². The number of ketones is 1. The number of rotatable bonds is 7. The minimum atomic E-state index is -3.57. The molecule has 1 fully saturated rings. The number of nitrogens with one attached hydrogen (secondary N) is 1. The van der Waals surface area contributed by atoms with Crippen molar-refractivity contribution >= 4 is 33.1 Å². The normalized spacial score (nSPS) is 15.6. The molecule has 8 heteroatoms. The van der Waals surface area contributed by atoms with Crippen LogP contribution in [0.4, 0.5) is 5.69 Å². The summed E-state index contributed by atoms with van der Waals surface area (Å²) in [6.45, 7) is 5.97. The summed E-state index contributed by atoms with van der Waals surface area (Å²) in [6, 6.07) is 13.8. The molecule has 0 bridgehead atoms. The zero-order valence-electron chi connectivity index (χ0n) is 15.8. The van der Waals surface area contributed by atoms with E-state index in [-0.39, 0.29) is 10.7 Å². The van der Waals surface area contributed by atoms with E-state index in [1.54, 1.807) is 0 Å². The van der Waals surface area contributed by atoms with Crippen LogP contribution in [0.15, 0.2) is 53.4 Å². The van der Waals surface area contributed by atoms with Crippen molar-refractivity contribution in [2.75, 3.05) is 44.2 Å². The Bertz CT molecular complexity index is 907. The van der Waals surface area contributed by atoms with Crippen molar-refractivity contribution in [3.05, 3.63) is 59.1 Å². The Hall–Kier alpha value is -1.93. The molecule has 2 aromatic carbocycles. The predicted molar refractivity (Wildman–Crippen MR) is 112 cm³/mol. The molecule has 1 aliphatic heterocycles. The maximum atomic E-state index is 12.4. The zero-order valence-corrected chi connectivity index (χ0v) is 17.3. The molecule has 1 N–H and O–H groups in total. The molecule has 0 radical (unpaired) electrons. The second-order valence-electron chi connectivity index (χ2n) is 6.78. The first-order valence-corrected chi connectivity index (χ1v) is 11.0. The van der Waals surface area contributed by atoms with Crippen molar-refractivity contribution in [2.45, 2.75) is 11.8 Å². The highest BCUT2D eigenvalue weighted by atomic mass is 35.5. The van der Waals surface area contributed by atoms with Crippen LogP contribution in [0.1, 0.15) is 17.3 Å². The van der Waals surface area contributed by atoms with Gasteiger partial charge in [-0.15, -0.1) is 0 Å². The zero-order chi connectivity index (χ0) is 20.1. The third kappa shape index (κ3) is 5.32. The lowest BCUT2D eigenvalue weighted by molar-refractivity contribution is 0.101. The van der Waals surface area contributed by atoms with Crippen LogP contribution in [-0.4, -0.2) is 58.4 Å². The van der Waals surface area contributed by atoms with Crippen molar-refractivity contribution in [1.29, 1.82) is 0 Å². The summed E-state index contributed by atoms with van der Waals surface area (Å²) in [4.78, 5) is 16.0. The molecule has 3 rings (SSSR count). The van der Waals surface area contributed by atoms with Gasteiger partial charge in [-0.1, -0.05) is 23.7 Å². The van der Waals surface area contributed by atoms with Gasteiger partial charge in [-0.3, -0.25) is 9.69 Å². The topological polar surface area (TPSA) is 69.7 Å². The fraction of sp³-hybridized carbons (Fsp3) is 0.350. The standard InChI is InChI=1S/C20H24ClN3O3S/c1-16(25)17-2-8-20(9-3-17)28(26,27)22-10-11-23-12-14-24(15-13-23)19-6-4-18(21)5-7-19/h2-9,22H,10-15H2,1H3. The maximum absolute atomic E-state index is 12.4. The number of halogens is 1. The van der Waals surface area contributed by atoms with Gasteiger partial charge in [0.15, 0.2) is 5.78 Å². The number of hydrogen-bond donors (Lipinski definition) is 1. The lowest BCUT2D eigenvalue weighted by atomic mass is 10.2. The van der Waals surface area contributed by atoms with E-state index >= 15 is 0 Å². The minimum absolute atomic E-state index is 0.0883. The van der Waals surface area contributed by atoms with Gasteiger partial charge in [0.25, 0.3) is 0 Å². The average molecular weight is 422 g/mol. The first-order valence-electron chi connectivity index (χ1n) is 9.19. The van der Waals surface area contributed by atoms with E-state index in [2.05, 4.69) is 14.5 Å². The highest BCUT2D eigenvalue weighted by Crippen LogP contribution is 2.19. The van der Waals surface area contributed by atoms with Crippen LogP contribution in [0.3, 0.4) is 0 Å². The monoisotopic (exact) mass is 421 g/mol.